The number of rotatable bonds is 8. The Morgan fingerprint density at radius 1 is 1.47 bits per heavy atom. The van der Waals surface area contributed by atoms with Gasteiger partial charge in [-0.2, -0.15) is 5.10 Å². The number of aromatic nitrogens is 2. The summed E-state index contributed by atoms with van der Waals surface area (Å²) < 4.78 is 1.58. The van der Waals surface area contributed by atoms with Gasteiger partial charge < -0.3 is 15.7 Å². The van der Waals surface area contributed by atoms with Crippen LogP contribution in [0.1, 0.15) is 26.7 Å². The number of aliphatic hydroxyl groups is 1. The number of hydrogen-bond acceptors (Lipinski definition) is 4. The first-order chi connectivity index (χ1) is 9.09. The minimum absolute atomic E-state index is 0.0820. The van der Waals surface area contributed by atoms with Gasteiger partial charge in [0, 0.05) is 25.2 Å². The van der Waals surface area contributed by atoms with Crippen LogP contribution in [0.2, 0.25) is 0 Å². The minimum atomic E-state index is -0.0944. The molecular formula is C13H24N4O2. The number of nitrogens with one attached hydrogen (secondary N) is 2. The summed E-state index contributed by atoms with van der Waals surface area (Å²) in [5.41, 5.74) is 0.770. The highest BCUT2D eigenvalue weighted by molar-refractivity contribution is 5.75. The van der Waals surface area contributed by atoms with Gasteiger partial charge in [0.05, 0.1) is 18.5 Å². The Balaban J connectivity index is 2.56. The number of aliphatic hydroxyl groups excluding tert-OH is 1. The first-order valence-electron chi connectivity index (χ1n) is 6.67. The number of hydrogen-bond donors (Lipinski definition) is 3. The van der Waals surface area contributed by atoms with E-state index < -0.39 is 0 Å². The lowest BCUT2D eigenvalue weighted by Crippen LogP contribution is -2.32. The van der Waals surface area contributed by atoms with Gasteiger partial charge in [-0.15, -0.1) is 0 Å². The van der Waals surface area contributed by atoms with Crippen molar-refractivity contribution < 1.29 is 9.90 Å². The molecular weight excluding hydrogens is 244 g/mol. The molecule has 0 atom stereocenters. The van der Waals surface area contributed by atoms with Crippen LogP contribution in [0, 0.1) is 5.41 Å². The molecule has 0 bridgehead atoms. The summed E-state index contributed by atoms with van der Waals surface area (Å²) in [4.78, 5) is 11.2. The van der Waals surface area contributed by atoms with Crippen molar-refractivity contribution in [1.82, 2.24) is 15.1 Å². The fourth-order valence-corrected chi connectivity index (χ4v) is 1.84. The third-order valence-electron chi connectivity index (χ3n) is 3.72. The van der Waals surface area contributed by atoms with E-state index in [4.69, 9.17) is 0 Å². The lowest BCUT2D eigenvalue weighted by atomic mass is 9.83. The fraction of sp³-hybridized carbons (Fsp3) is 0.692. The number of amides is 1. The molecule has 1 rings (SSSR count). The van der Waals surface area contributed by atoms with E-state index in [-0.39, 0.29) is 24.5 Å². The highest BCUT2D eigenvalue weighted by Gasteiger charge is 2.24. The molecule has 0 radical (unpaired) electrons. The van der Waals surface area contributed by atoms with Crippen LogP contribution in [-0.4, -0.2) is 41.0 Å². The average Bonchev–Trinajstić information content (AvgIpc) is 2.88. The predicted octanol–water partition coefficient (Wildman–Crippen LogP) is 0.840. The summed E-state index contributed by atoms with van der Waals surface area (Å²) in [7, 11) is 1.60. The molecule has 108 valence electrons. The van der Waals surface area contributed by atoms with Crippen LogP contribution >= 0.6 is 0 Å². The lowest BCUT2D eigenvalue weighted by molar-refractivity contribution is -0.121. The minimum Gasteiger partial charge on any atom is -0.396 e. The molecule has 3 N–H and O–H groups in total. The summed E-state index contributed by atoms with van der Waals surface area (Å²) in [6.07, 6.45) is 5.32. The summed E-state index contributed by atoms with van der Waals surface area (Å²) in [5.74, 6) is -0.0820. The van der Waals surface area contributed by atoms with Gasteiger partial charge in [0.25, 0.3) is 0 Å². The Morgan fingerprint density at radius 2 is 2.16 bits per heavy atom. The second-order valence-electron chi connectivity index (χ2n) is 4.82. The normalized spacial score (nSPS) is 11.4. The SMILES string of the molecule is CCC(CC)(CO)CNc1cnn(CC(=O)NC)c1. The van der Waals surface area contributed by atoms with Crippen LogP contribution in [0.5, 0.6) is 0 Å². The molecule has 0 unspecified atom stereocenters. The number of anilines is 1. The van der Waals surface area contributed by atoms with Gasteiger partial charge in [0.1, 0.15) is 6.54 Å². The predicted molar refractivity (Wildman–Crippen MR) is 74.9 cm³/mol. The number of carbonyl (C=O) groups is 1. The molecule has 0 saturated carbocycles. The fourth-order valence-electron chi connectivity index (χ4n) is 1.84. The van der Waals surface area contributed by atoms with Gasteiger partial charge in [-0.1, -0.05) is 13.8 Å². The summed E-state index contributed by atoms with van der Waals surface area (Å²) in [5, 5.41) is 19.4. The molecule has 0 aromatic carbocycles. The Morgan fingerprint density at radius 3 is 2.68 bits per heavy atom. The van der Waals surface area contributed by atoms with E-state index in [1.54, 1.807) is 24.1 Å². The Labute approximate surface area is 114 Å². The molecule has 6 heteroatoms. The molecule has 1 aromatic rings. The van der Waals surface area contributed by atoms with E-state index in [0.717, 1.165) is 18.5 Å². The second-order valence-corrected chi connectivity index (χ2v) is 4.82. The molecule has 0 aliphatic carbocycles. The third kappa shape index (κ3) is 4.24. The molecule has 1 heterocycles. The molecule has 0 aliphatic rings. The standard InChI is InChI=1S/C13H24N4O2/c1-4-13(5-2,10-18)9-15-11-6-16-17(7-11)8-12(19)14-3/h6-7,15,18H,4-5,8-10H2,1-3H3,(H,14,19). The van der Waals surface area contributed by atoms with Crippen LogP contribution < -0.4 is 10.6 Å². The maximum Gasteiger partial charge on any atom is 0.241 e. The average molecular weight is 268 g/mol. The van der Waals surface area contributed by atoms with E-state index >= 15 is 0 Å². The Kier molecular flexibility index (Phi) is 5.82. The zero-order chi connectivity index (χ0) is 14.3. The van der Waals surface area contributed by atoms with Gasteiger partial charge in [-0.25, -0.2) is 0 Å². The van der Waals surface area contributed by atoms with E-state index in [2.05, 4.69) is 29.6 Å². The van der Waals surface area contributed by atoms with Gasteiger partial charge in [-0.3, -0.25) is 9.48 Å². The van der Waals surface area contributed by atoms with Crippen LogP contribution in [-0.2, 0) is 11.3 Å². The van der Waals surface area contributed by atoms with Crippen LogP contribution in [0.4, 0.5) is 5.69 Å². The van der Waals surface area contributed by atoms with Gasteiger partial charge >= 0.3 is 0 Å². The molecule has 6 nitrogen and oxygen atoms in total. The van der Waals surface area contributed by atoms with Crippen molar-refractivity contribution in [3.8, 4) is 0 Å². The van der Waals surface area contributed by atoms with E-state index in [1.165, 1.54) is 0 Å². The van der Waals surface area contributed by atoms with Crippen molar-refractivity contribution in [1.29, 1.82) is 0 Å². The van der Waals surface area contributed by atoms with Crippen LogP contribution in [0.25, 0.3) is 0 Å². The van der Waals surface area contributed by atoms with E-state index in [9.17, 15) is 9.90 Å². The Hall–Kier alpha value is -1.56. The molecule has 0 saturated heterocycles. The molecule has 0 aliphatic heterocycles. The largest absolute Gasteiger partial charge is 0.396 e. The lowest BCUT2D eigenvalue weighted by Gasteiger charge is -2.29. The molecule has 0 spiro atoms. The number of likely N-dealkylation sites (N-methyl/N-ethyl adjacent to an activating group) is 1. The quantitative estimate of drug-likeness (QED) is 0.653. The van der Waals surface area contributed by atoms with Gasteiger partial charge in [0.2, 0.25) is 5.91 Å². The monoisotopic (exact) mass is 268 g/mol. The maximum absolute atomic E-state index is 11.2. The zero-order valence-electron chi connectivity index (χ0n) is 11.9. The second kappa shape index (κ2) is 7.13. The first-order valence-corrected chi connectivity index (χ1v) is 6.67. The molecule has 1 aromatic heterocycles. The van der Waals surface area contributed by atoms with E-state index in [1.807, 2.05) is 0 Å². The third-order valence-corrected chi connectivity index (χ3v) is 3.72. The highest BCUT2D eigenvalue weighted by atomic mass is 16.3. The first kappa shape index (κ1) is 15.5. The van der Waals surface area contributed by atoms with Crippen molar-refractivity contribution in [3.63, 3.8) is 0 Å². The van der Waals surface area contributed by atoms with Crippen LogP contribution in [0.15, 0.2) is 12.4 Å². The topological polar surface area (TPSA) is 79.2 Å². The summed E-state index contributed by atoms with van der Waals surface area (Å²) in [6, 6.07) is 0. The number of carbonyl (C=O) groups excluding carboxylic acids is 1. The van der Waals surface area contributed by atoms with Crippen molar-refractivity contribution in [2.45, 2.75) is 33.2 Å². The van der Waals surface area contributed by atoms with Gasteiger partial charge in [0.15, 0.2) is 0 Å². The van der Waals surface area contributed by atoms with Crippen molar-refractivity contribution in [3.05, 3.63) is 12.4 Å². The van der Waals surface area contributed by atoms with Crippen LogP contribution in [0.3, 0.4) is 0 Å². The van der Waals surface area contributed by atoms with Gasteiger partial charge in [-0.05, 0) is 12.8 Å². The van der Waals surface area contributed by atoms with Crippen molar-refractivity contribution in [2.75, 3.05) is 25.5 Å². The molecule has 1 amide bonds. The highest BCUT2D eigenvalue weighted by Crippen LogP contribution is 2.25. The Bertz CT molecular complexity index is 391. The summed E-state index contributed by atoms with van der Waals surface area (Å²) in [6.45, 7) is 5.24. The van der Waals surface area contributed by atoms with Crippen molar-refractivity contribution in [2.24, 2.45) is 5.41 Å². The smallest absolute Gasteiger partial charge is 0.241 e. The molecule has 0 fully saturated rings. The van der Waals surface area contributed by atoms with E-state index in [0.29, 0.717) is 6.54 Å². The van der Waals surface area contributed by atoms with Crippen molar-refractivity contribution >= 4 is 11.6 Å². The molecule has 19 heavy (non-hydrogen) atoms. The number of nitrogens with zero attached hydrogens (tertiary/aromatic N) is 2. The zero-order valence-corrected chi connectivity index (χ0v) is 11.9. The maximum atomic E-state index is 11.2. The summed E-state index contributed by atoms with van der Waals surface area (Å²) >= 11 is 0.